The fourth-order valence-electron chi connectivity index (χ4n) is 1.29. The van der Waals surface area contributed by atoms with E-state index in [4.69, 9.17) is 5.26 Å². The molecule has 1 rings (SSSR count). The highest BCUT2D eigenvalue weighted by atomic mass is 16.2. The Bertz CT molecular complexity index is 515. The molecule has 1 aromatic carbocycles. The number of rotatable bonds is 4. The average molecular weight is 243 g/mol. The number of anilines is 2. The van der Waals surface area contributed by atoms with Crippen molar-refractivity contribution in [2.45, 2.75) is 13.3 Å². The van der Waals surface area contributed by atoms with Crippen molar-refractivity contribution < 1.29 is 9.59 Å². The first kappa shape index (κ1) is 13.5. The Morgan fingerprint density at radius 1 is 1.33 bits per heavy atom. The zero-order chi connectivity index (χ0) is 13.4. The molecule has 0 fully saturated rings. The molecule has 0 saturated carbocycles. The molecule has 0 spiro atoms. The molecular weight excluding hydrogens is 230 g/mol. The van der Waals surface area contributed by atoms with Crippen molar-refractivity contribution in [1.82, 2.24) is 0 Å². The Balaban J connectivity index is 2.71. The van der Waals surface area contributed by atoms with Gasteiger partial charge in [0.1, 0.15) is 6.42 Å². The van der Waals surface area contributed by atoms with Gasteiger partial charge < -0.3 is 10.6 Å². The van der Waals surface area contributed by atoms with Crippen LogP contribution < -0.4 is 10.6 Å². The van der Waals surface area contributed by atoms with Crippen LogP contribution >= 0.6 is 0 Å². The third-order valence-electron chi connectivity index (χ3n) is 1.97. The standard InChI is InChI=1S/C13H13N3O2/c1-2-4-12(17)15-10-5-3-6-11(9-10)16-13(18)7-8-14/h2-6,9H,7H2,1H3,(H,15,17)(H,16,18)/b4-2+. The molecule has 0 aliphatic heterocycles. The lowest BCUT2D eigenvalue weighted by molar-refractivity contribution is -0.115. The van der Waals surface area contributed by atoms with Crippen LogP contribution in [0, 0.1) is 11.3 Å². The summed E-state index contributed by atoms with van der Waals surface area (Å²) < 4.78 is 0. The second kappa shape index (κ2) is 6.86. The van der Waals surface area contributed by atoms with Crippen LogP contribution in [0.3, 0.4) is 0 Å². The molecule has 2 amide bonds. The van der Waals surface area contributed by atoms with Gasteiger partial charge in [0.05, 0.1) is 6.07 Å². The van der Waals surface area contributed by atoms with Gasteiger partial charge >= 0.3 is 0 Å². The molecule has 0 saturated heterocycles. The first-order valence-corrected chi connectivity index (χ1v) is 5.36. The largest absolute Gasteiger partial charge is 0.325 e. The summed E-state index contributed by atoms with van der Waals surface area (Å²) in [6.07, 6.45) is 2.84. The van der Waals surface area contributed by atoms with E-state index < -0.39 is 0 Å². The van der Waals surface area contributed by atoms with Gasteiger partial charge in [-0.05, 0) is 31.2 Å². The zero-order valence-corrected chi connectivity index (χ0v) is 9.93. The van der Waals surface area contributed by atoms with E-state index in [0.717, 1.165) is 0 Å². The number of amides is 2. The number of nitriles is 1. The predicted molar refractivity (Wildman–Crippen MR) is 68.7 cm³/mol. The van der Waals surface area contributed by atoms with E-state index >= 15 is 0 Å². The molecule has 0 aliphatic rings. The van der Waals surface area contributed by atoms with Crippen LogP contribution in [0.2, 0.25) is 0 Å². The average Bonchev–Trinajstić information content (AvgIpc) is 2.29. The van der Waals surface area contributed by atoms with Crippen LogP contribution in [0.5, 0.6) is 0 Å². The van der Waals surface area contributed by atoms with Crippen molar-refractivity contribution in [3.63, 3.8) is 0 Å². The van der Waals surface area contributed by atoms with E-state index in [1.54, 1.807) is 43.3 Å². The van der Waals surface area contributed by atoms with Crippen molar-refractivity contribution in [3.05, 3.63) is 36.4 Å². The maximum atomic E-state index is 11.3. The molecule has 0 bridgehead atoms. The number of hydrogen-bond donors (Lipinski definition) is 2. The van der Waals surface area contributed by atoms with Crippen LogP contribution in [0.1, 0.15) is 13.3 Å². The number of carbonyl (C=O) groups excluding carboxylic acids is 2. The number of nitrogens with zero attached hydrogens (tertiary/aromatic N) is 1. The van der Waals surface area contributed by atoms with Gasteiger partial charge in [-0.2, -0.15) is 5.26 Å². The number of benzene rings is 1. The smallest absolute Gasteiger partial charge is 0.248 e. The summed E-state index contributed by atoms with van der Waals surface area (Å²) >= 11 is 0. The van der Waals surface area contributed by atoms with Crippen molar-refractivity contribution in [1.29, 1.82) is 5.26 Å². The summed E-state index contributed by atoms with van der Waals surface area (Å²) in [5, 5.41) is 13.6. The third-order valence-corrected chi connectivity index (χ3v) is 1.97. The van der Waals surface area contributed by atoms with E-state index in [2.05, 4.69) is 10.6 Å². The fraction of sp³-hybridized carbons (Fsp3) is 0.154. The molecule has 0 heterocycles. The van der Waals surface area contributed by atoms with Crippen molar-refractivity contribution in [3.8, 4) is 6.07 Å². The minimum Gasteiger partial charge on any atom is -0.325 e. The van der Waals surface area contributed by atoms with Gasteiger partial charge in [-0.1, -0.05) is 12.1 Å². The highest BCUT2D eigenvalue weighted by Crippen LogP contribution is 2.15. The quantitative estimate of drug-likeness (QED) is 0.794. The monoisotopic (exact) mass is 243 g/mol. The molecule has 2 N–H and O–H groups in total. The topological polar surface area (TPSA) is 82.0 Å². The number of nitrogens with one attached hydrogen (secondary N) is 2. The number of hydrogen-bond acceptors (Lipinski definition) is 3. The van der Waals surface area contributed by atoms with Crippen LogP contribution in [0.15, 0.2) is 36.4 Å². The Labute approximate surface area is 105 Å². The molecule has 18 heavy (non-hydrogen) atoms. The molecular formula is C13H13N3O2. The maximum Gasteiger partial charge on any atom is 0.248 e. The summed E-state index contributed by atoms with van der Waals surface area (Å²) in [6, 6.07) is 8.47. The van der Waals surface area contributed by atoms with E-state index in [-0.39, 0.29) is 18.2 Å². The molecule has 0 radical (unpaired) electrons. The molecule has 1 aromatic rings. The lowest BCUT2D eigenvalue weighted by atomic mass is 10.2. The number of carbonyl (C=O) groups is 2. The van der Waals surface area contributed by atoms with Gasteiger partial charge in [0.15, 0.2) is 0 Å². The van der Waals surface area contributed by atoms with Crippen LogP contribution in [0.25, 0.3) is 0 Å². The van der Waals surface area contributed by atoms with Crippen molar-refractivity contribution >= 4 is 23.2 Å². The summed E-state index contributed by atoms with van der Waals surface area (Å²) in [4.78, 5) is 22.5. The van der Waals surface area contributed by atoms with Crippen LogP contribution in [-0.2, 0) is 9.59 Å². The van der Waals surface area contributed by atoms with Gasteiger partial charge in [0.25, 0.3) is 0 Å². The molecule has 5 heteroatoms. The first-order chi connectivity index (χ1) is 8.65. The van der Waals surface area contributed by atoms with Gasteiger partial charge in [0, 0.05) is 11.4 Å². The van der Waals surface area contributed by atoms with E-state index in [1.165, 1.54) is 6.08 Å². The molecule has 92 valence electrons. The second-order valence-corrected chi connectivity index (χ2v) is 3.45. The molecule has 0 atom stereocenters. The van der Waals surface area contributed by atoms with Crippen molar-refractivity contribution in [2.75, 3.05) is 10.6 Å². The molecule has 0 unspecified atom stereocenters. The Kier molecular flexibility index (Phi) is 5.13. The molecule has 0 aromatic heterocycles. The SMILES string of the molecule is C/C=C/C(=O)Nc1cccc(NC(=O)CC#N)c1. The summed E-state index contributed by atoms with van der Waals surface area (Å²) in [5.41, 5.74) is 1.11. The van der Waals surface area contributed by atoms with E-state index in [1.807, 2.05) is 0 Å². The fourth-order valence-corrected chi connectivity index (χ4v) is 1.29. The predicted octanol–water partition coefficient (Wildman–Crippen LogP) is 2.05. The van der Waals surface area contributed by atoms with Crippen molar-refractivity contribution in [2.24, 2.45) is 0 Å². The van der Waals surface area contributed by atoms with Gasteiger partial charge in [-0.3, -0.25) is 9.59 Å². The van der Waals surface area contributed by atoms with E-state index in [0.29, 0.717) is 11.4 Å². The Hall–Kier alpha value is -2.61. The minimum atomic E-state index is -0.380. The first-order valence-electron chi connectivity index (χ1n) is 5.36. The minimum absolute atomic E-state index is 0.199. The summed E-state index contributed by atoms with van der Waals surface area (Å²) in [5.74, 6) is -0.618. The normalized spacial score (nSPS) is 9.78. The molecule has 5 nitrogen and oxygen atoms in total. The highest BCUT2D eigenvalue weighted by Gasteiger charge is 2.03. The molecule has 0 aliphatic carbocycles. The van der Waals surface area contributed by atoms with E-state index in [9.17, 15) is 9.59 Å². The maximum absolute atomic E-state index is 11.3. The van der Waals surface area contributed by atoms with Gasteiger partial charge in [-0.15, -0.1) is 0 Å². The lowest BCUT2D eigenvalue weighted by Gasteiger charge is -2.06. The van der Waals surface area contributed by atoms with Gasteiger partial charge in [0.2, 0.25) is 11.8 Å². The zero-order valence-electron chi connectivity index (χ0n) is 9.93. The Morgan fingerprint density at radius 2 is 2.00 bits per heavy atom. The van der Waals surface area contributed by atoms with Crippen LogP contribution in [-0.4, -0.2) is 11.8 Å². The van der Waals surface area contributed by atoms with Crippen LogP contribution in [0.4, 0.5) is 11.4 Å². The van der Waals surface area contributed by atoms with Gasteiger partial charge in [-0.25, -0.2) is 0 Å². The summed E-state index contributed by atoms with van der Waals surface area (Å²) in [7, 11) is 0. The number of allylic oxidation sites excluding steroid dienone is 1. The Morgan fingerprint density at radius 3 is 2.61 bits per heavy atom. The summed E-state index contributed by atoms with van der Waals surface area (Å²) in [6.45, 7) is 1.75. The highest BCUT2D eigenvalue weighted by molar-refractivity contribution is 6.00. The third kappa shape index (κ3) is 4.49. The second-order valence-electron chi connectivity index (χ2n) is 3.45. The lowest BCUT2D eigenvalue weighted by Crippen LogP contribution is -2.11.